The van der Waals surface area contributed by atoms with Crippen LogP contribution in [0.15, 0.2) is 53.5 Å². The molecule has 0 atom stereocenters. The summed E-state index contributed by atoms with van der Waals surface area (Å²) in [5.74, 6) is -0.116. The zero-order valence-electron chi connectivity index (χ0n) is 10.5. The maximum Gasteiger partial charge on any atom is 0.246 e. The van der Waals surface area contributed by atoms with E-state index in [1.165, 1.54) is 0 Å². The Hall–Kier alpha value is -1.84. The molecule has 3 rings (SSSR count). The monoisotopic (exact) mass is 306 g/mol. The lowest BCUT2D eigenvalue weighted by Crippen LogP contribution is -2.13. The Morgan fingerprint density at radius 3 is 2.60 bits per heavy atom. The predicted octanol–water partition coefficient (Wildman–Crippen LogP) is 3.55. The van der Waals surface area contributed by atoms with Gasteiger partial charge in [-0.25, -0.2) is 0 Å². The average Bonchev–Trinajstić information content (AvgIpc) is 2.58. The van der Waals surface area contributed by atoms with E-state index < -0.39 is 0 Å². The third kappa shape index (κ3) is 2.84. The summed E-state index contributed by atoms with van der Waals surface area (Å²) in [4.78, 5) is 16.1. The topological polar surface area (TPSA) is 41.5 Å². The van der Waals surface area contributed by atoms with Gasteiger partial charge in [0.15, 0.2) is 0 Å². The second-order valence-corrected chi connectivity index (χ2v) is 4.71. The molecule has 0 bridgehead atoms. The molecule has 1 aliphatic heterocycles. The molecule has 0 radical (unpaired) electrons. The minimum absolute atomic E-state index is 0. The first-order valence-corrected chi connectivity index (χ1v) is 6.31. The average molecular weight is 307 g/mol. The first-order valence-electron chi connectivity index (χ1n) is 5.94. The van der Waals surface area contributed by atoms with Crippen molar-refractivity contribution in [1.29, 1.82) is 0 Å². The summed E-state index contributed by atoms with van der Waals surface area (Å²) in [6.07, 6.45) is 0. The summed E-state index contributed by atoms with van der Waals surface area (Å²) in [5.41, 5.74) is 3.36. The minimum atomic E-state index is -0.116. The lowest BCUT2D eigenvalue weighted by molar-refractivity contribution is -0.114. The van der Waals surface area contributed by atoms with Gasteiger partial charge in [0.2, 0.25) is 5.91 Å². The van der Waals surface area contributed by atoms with Gasteiger partial charge in [0, 0.05) is 16.1 Å². The molecule has 0 unspecified atom stereocenters. The number of halogens is 2. The second-order valence-electron chi connectivity index (χ2n) is 4.27. The molecule has 2 aromatic rings. The summed E-state index contributed by atoms with van der Waals surface area (Å²) >= 11 is 6.05. The number of anilines is 1. The summed E-state index contributed by atoms with van der Waals surface area (Å²) < 4.78 is 0. The van der Waals surface area contributed by atoms with E-state index in [9.17, 15) is 4.79 Å². The molecule has 1 N–H and O–H groups in total. The second kappa shape index (κ2) is 6.07. The number of hydrogen-bond acceptors (Lipinski definition) is 2. The summed E-state index contributed by atoms with van der Waals surface area (Å²) in [5, 5.41) is 3.46. The number of carbonyl (C=O) groups excluding carboxylic acids is 1. The van der Waals surface area contributed by atoms with E-state index in [1.54, 1.807) is 12.1 Å². The van der Waals surface area contributed by atoms with Gasteiger partial charge in [0.25, 0.3) is 0 Å². The molecule has 0 spiro atoms. The van der Waals surface area contributed by atoms with Crippen LogP contribution in [0.4, 0.5) is 5.69 Å². The number of amides is 1. The number of carbonyl (C=O) groups is 1. The number of rotatable bonds is 1. The van der Waals surface area contributed by atoms with Crippen LogP contribution in [0.3, 0.4) is 0 Å². The van der Waals surface area contributed by atoms with Gasteiger partial charge in [-0.1, -0.05) is 41.9 Å². The molecule has 1 heterocycles. The Kier molecular flexibility index (Phi) is 4.42. The van der Waals surface area contributed by atoms with Crippen molar-refractivity contribution < 1.29 is 4.79 Å². The molecular formula is C15H12Cl2N2O. The molecule has 0 aromatic heterocycles. The highest BCUT2D eigenvalue weighted by atomic mass is 35.5. The Morgan fingerprint density at radius 2 is 1.85 bits per heavy atom. The van der Waals surface area contributed by atoms with Crippen LogP contribution in [0, 0.1) is 0 Å². The van der Waals surface area contributed by atoms with Crippen LogP contribution in [-0.2, 0) is 4.79 Å². The van der Waals surface area contributed by atoms with Crippen molar-refractivity contribution in [1.82, 2.24) is 0 Å². The minimum Gasteiger partial charge on any atom is -0.324 e. The zero-order valence-corrected chi connectivity index (χ0v) is 12.0. The number of hydrogen-bond donors (Lipinski definition) is 1. The van der Waals surface area contributed by atoms with Crippen LogP contribution in [0.1, 0.15) is 11.1 Å². The Morgan fingerprint density at radius 1 is 1.10 bits per heavy atom. The molecule has 0 saturated carbocycles. The molecule has 1 amide bonds. The van der Waals surface area contributed by atoms with Crippen molar-refractivity contribution in [2.75, 3.05) is 11.9 Å². The van der Waals surface area contributed by atoms with Crippen LogP contribution in [-0.4, -0.2) is 18.2 Å². The zero-order chi connectivity index (χ0) is 13.2. The van der Waals surface area contributed by atoms with Gasteiger partial charge in [-0.2, -0.15) is 0 Å². The van der Waals surface area contributed by atoms with E-state index >= 15 is 0 Å². The smallest absolute Gasteiger partial charge is 0.246 e. The molecule has 102 valence electrons. The van der Waals surface area contributed by atoms with Gasteiger partial charge in [-0.3, -0.25) is 9.79 Å². The molecule has 0 aliphatic carbocycles. The molecule has 1 aliphatic rings. The van der Waals surface area contributed by atoms with Gasteiger partial charge >= 0.3 is 0 Å². The molecular weight excluding hydrogens is 295 g/mol. The van der Waals surface area contributed by atoms with Crippen LogP contribution in [0.2, 0.25) is 5.02 Å². The standard InChI is InChI=1S/C15H11ClN2O.ClH/c16-11-6-7-13-12(8-11)15(17-9-14(19)18-13)10-4-2-1-3-5-10;/h1-8H,9H2,(H,18,19);1H. The Bertz CT molecular complexity index is 669. The van der Waals surface area contributed by atoms with E-state index in [0.29, 0.717) is 5.02 Å². The highest BCUT2D eigenvalue weighted by Gasteiger charge is 2.17. The quantitative estimate of drug-likeness (QED) is 0.860. The molecule has 0 saturated heterocycles. The summed E-state index contributed by atoms with van der Waals surface area (Å²) in [7, 11) is 0. The first-order chi connectivity index (χ1) is 9.24. The largest absolute Gasteiger partial charge is 0.324 e. The number of nitrogens with one attached hydrogen (secondary N) is 1. The van der Waals surface area contributed by atoms with Crippen molar-refractivity contribution >= 4 is 41.3 Å². The highest BCUT2D eigenvalue weighted by Crippen LogP contribution is 2.25. The number of fused-ring (bicyclic) bond motifs is 1. The SMILES string of the molecule is Cl.O=C1CN=C(c2ccccc2)c2cc(Cl)ccc2N1. The number of aliphatic imine (C=N–C) groups is 1. The normalized spacial score (nSPS) is 13.4. The van der Waals surface area contributed by atoms with Gasteiger partial charge in [-0.15, -0.1) is 12.4 Å². The Labute approximate surface area is 128 Å². The molecule has 2 aromatic carbocycles. The van der Waals surface area contributed by atoms with E-state index in [0.717, 1.165) is 22.5 Å². The van der Waals surface area contributed by atoms with Crippen LogP contribution in [0.5, 0.6) is 0 Å². The Balaban J connectivity index is 0.00000147. The van der Waals surface area contributed by atoms with Crippen molar-refractivity contribution in [3.05, 3.63) is 64.7 Å². The number of benzodiazepines with no additional fused rings is 1. The van der Waals surface area contributed by atoms with Gasteiger partial charge in [0.05, 0.1) is 11.4 Å². The molecule has 5 heteroatoms. The van der Waals surface area contributed by atoms with Crippen LogP contribution < -0.4 is 5.32 Å². The highest BCUT2D eigenvalue weighted by molar-refractivity contribution is 6.31. The third-order valence-electron chi connectivity index (χ3n) is 2.94. The van der Waals surface area contributed by atoms with E-state index in [4.69, 9.17) is 11.6 Å². The summed E-state index contributed by atoms with van der Waals surface area (Å²) in [6, 6.07) is 15.2. The van der Waals surface area contributed by atoms with Crippen LogP contribution in [0.25, 0.3) is 0 Å². The van der Waals surface area contributed by atoms with E-state index in [2.05, 4.69) is 10.3 Å². The van der Waals surface area contributed by atoms with Crippen molar-refractivity contribution in [3.8, 4) is 0 Å². The maximum atomic E-state index is 11.7. The molecule has 3 nitrogen and oxygen atoms in total. The molecule has 0 fully saturated rings. The lowest BCUT2D eigenvalue weighted by atomic mass is 10.0. The van der Waals surface area contributed by atoms with Gasteiger partial charge in [0.1, 0.15) is 6.54 Å². The molecule has 20 heavy (non-hydrogen) atoms. The third-order valence-corrected chi connectivity index (χ3v) is 3.17. The van der Waals surface area contributed by atoms with Crippen molar-refractivity contribution in [3.63, 3.8) is 0 Å². The first kappa shape index (κ1) is 14.6. The van der Waals surface area contributed by atoms with Crippen LogP contribution >= 0.6 is 24.0 Å². The van der Waals surface area contributed by atoms with E-state index in [1.807, 2.05) is 36.4 Å². The number of benzene rings is 2. The fourth-order valence-corrected chi connectivity index (χ4v) is 2.26. The van der Waals surface area contributed by atoms with Crippen molar-refractivity contribution in [2.45, 2.75) is 0 Å². The van der Waals surface area contributed by atoms with Crippen molar-refractivity contribution in [2.24, 2.45) is 4.99 Å². The fourth-order valence-electron chi connectivity index (χ4n) is 2.09. The fraction of sp³-hybridized carbons (Fsp3) is 0.0667. The lowest BCUT2D eigenvalue weighted by Gasteiger charge is -2.10. The van der Waals surface area contributed by atoms with E-state index in [-0.39, 0.29) is 24.9 Å². The van der Waals surface area contributed by atoms with Gasteiger partial charge < -0.3 is 5.32 Å². The number of nitrogens with zero attached hydrogens (tertiary/aromatic N) is 1. The summed E-state index contributed by atoms with van der Waals surface area (Å²) in [6.45, 7) is 0.122. The van der Waals surface area contributed by atoms with Gasteiger partial charge in [-0.05, 0) is 18.2 Å². The maximum absolute atomic E-state index is 11.7. The predicted molar refractivity (Wildman–Crippen MR) is 84.3 cm³/mol.